The van der Waals surface area contributed by atoms with E-state index in [1.54, 1.807) is 22.8 Å². The van der Waals surface area contributed by atoms with Crippen LogP contribution in [0.2, 0.25) is 0 Å². The molecule has 2 saturated carbocycles. The number of aromatic nitrogens is 2. The molecule has 0 aliphatic heterocycles. The van der Waals surface area contributed by atoms with Gasteiger partial charge >= 0.3 is 5.97 Å². The second-order valence-electron chi connectivity index (χ2n) is 6.36. The minimum absolute atomic E-state index is 0.0317. The molecule has 0 aromatic carbocycles. The highest BCUT2D eigenvalue weighted by Crippen LogP contribution is 2.52. The standard InChI is InChI=1S/C15H21N3O3/c1-17(8-11-5-6-16-18(11)2)14(19)12-9-3-4-10(7-9)13(12)15(20)21/h5-6,9-10,12-13H,3-4,7-8H2,1-2H3,(H,20,21). The fourth-order valence-corrected chi connectivity index (χ4v) is 4.13. The number of rotatable bonds is 4. The van der Waals surface area contributed by atoms with Crippen LogP contribution < -0.4 is 0 Å². The quantitative estimate of drug-likeness (QED) is 0.902. The molecule has 1 heterocycles. The molecule has 1 aromatic rings. The number of carboxylic acid groups (broad SMARTS) is 1. The number of fused-ring (bicyclic) bond motifs is 2. The van der Waals surface area contributed by atoms with E-state index in [4.69, 9.17) is 0 Å². The maximum atomic E-state index is 12.7. The largest absolute Gasteiger partial charge is 0.481 e. The van der Waals surface area contributed by atoms with Crippen LogP contribution in [-0.4, -0.2) is 38.7 Å². The number of nitrogens with zero attached hydrogens (tertiary/aromatic N) is 3. The smallest absolute Gasteiger partial charge is 0.307 e. The van der Waals surface area contributed by atoms with E-state index in [9.17, 15) is 14.7 Å². The third-order valence-electron chi connectivity index (χ3n) is 5.18. The van der Waals surface area contributed by atoms with Crippen molar-refractivity contribution < 1.29 is 14.7 Å². The maximum Gasteiger partial charge on any atom is 0.307 e. The van der Waals surface area contributed by atoms with Crippen molar-refractivity contribution in [3.8, 4) is 0 Å². The molecular weight excluding hydrogens is 270 g/mol. The Morgan fingerprint density at radius 1 is 1.38 bits per heavy atom. The summed E-state index contributed by atoms with van der Waals surface area (Å²) in [6.07, 6.45) is 4.54. The van der Waals surface area contributed by atoms with Gasteiger partial charge in [-0.05, 0) is 37.2 Å². The van der Waals surface area contributed by atoms with Crippen LogP contribution >= 0.6 is 0 Å². The predicted octanol–water partition coefficient (Wildman–Crippen LogP) is 1.13. The number of aliphatic carboxylic acids is 1. The molecule has 4 atom stereocenters. The summed E-state index contributed by atoms with van der Waals surface area (Å²) in [6.45, 7) is 0.468. The summed E-state index contributed by atoms with van der Waals surface area (Å²) in [5.41, 5.74) is 0.945. The number of amides is 1. The molecule has 2 aliphatic carbocycles. The minimum Gasteiger partial charge on any atom is -0.481 e. The molecule has 3 rings (SSSR count). The molecular formula is C15H21N3O3. The lowest BCUT2D eigenvalue weighted by atomic mass is 9.78. The van der Waals surface area contributed by atoms with Gasteiger partial charge < -0.3 is 10.0 Å². The highest BCUT2D eigenvalue weighted by atomic mass is 16.4. The Morgan fingerprint density at radius 2 is 2.05 bits per heavy atom. The molecule has 0 saturated heterocycles. The number of aryl methyl sites for hydroxylation is 1. The molecule has 6 heteroatoms. The van der Waals surface area contributed by atoms with Gasteiger partial charge in [0.25, 0.3) is 0 Å². The number of hydrogen-bond donors (Lipinski definition) is 1. The molecule has 0 radical (unpaired) electrons. The molecule has 4 unspecified atom stereocenters. The maximum absolute atomic E-state index is 12.7. The molecule has 114 valence electrons. The molecule has 2 bridgehead atoms. The first kappa shape index (κ1) is 14.1. The Bertz CT molecular complexity index is 568. The van der Waals surface area contributed by atoms with E-state index in [1.165, 1.54) is 0 Å². The Hall–Kier alpha value is -1.85. The van der Waals surface area contributed by atoms with Gasteiger partial charge in [-0.25, -0.2) is 0 Å². The molecule has 2 fully saturated rings. The zero-order valence-electron chi connectivity index (χ0n) is 12.4. The summed E-state index contributed by atoms with van der Waals surface area (Å²) in [6, 6.07) is 1.87. The van der Waals surface area contributed by atoms with Gasteiger partial charge in [-0.15, -0.1) is 0 Å². The van der Waals surface area contributed by atoms with Gasteiger partial charge in [0.2, 0.25) is 5.91 Å². The topological polar surface area (TPSA) is 75.4 Å². The average molecular weight is 291 g/mol. The van der Waals surface area contributed by atoms with E-state index < -0.39 is 11.9 Å². The fraction of sp³-hybridized carbons (Fsp3) is 0.667. The van der Waals surface area contributed by atoms with Crippen molar-refractivity contribution in [2.75, 3.05) is 7.05 Å². The molecule has 2 aliphatic rings. The van der Waals surface area contributed by atoms with Crippen LogP contribution in [0.15, 0.2) is 12.3 Å². The normalized spacial score (nSPS) is 30.6. The van der Waals surface area contributed by atoms with E-state index in [1.807, 2.05) is 13.1 Å². The first-order valence-corrected chi connectivity index (χ1v) is 7.43. The highest BCUT2D eigenvalue weighted by Gasteiger charge is 2.54. The van der Waals surface area contributed by atoms with Crippen molar-refractivity contribution in [3.05, 3.63) is 18.0 Å². The summed E-state index contributed by atoms with van der Waals surface area (Å²) in [4.78, 5) is 25.9. The van der Waals surface area contributed by atoms with Gasteiger partial charge in [-0.2, -0.15) is 5.10 Å². The van der Waals surface area contributed by atoms with Crippen LogP contribution in [0.4, 0.5) is 0 Å². The highest BCUT2D eigenvalue weighted by molar-refractivity contribution is 5.86. The van der Waals surface area contributed by atoms with Crippen LogP contribution in [0, 0.1) is 23.7 Å². The van der Waals surface area contributed by atoms with Crippen LogP contribution in [0.25, 0.3) is 0 Å². The number of carbonyl (C=O) groups excluding carboxylic acids is 1. The second-order valence-corrected chi connectivity index (χ2v) is 6.36. The molecule has 21 heavy (non-hydrogen) atoms. The van der Waals surface area contributed by atoms with Crippen LogP contribution in [-0.2, 0) is 23.2 Å². The first-order valence-electron chi connectivity index (χ1n) is 7.43. The number of carboxylic acids is 1. The van der Waals surface area contributed by atoms with Gasteiger partial charge in [-0.3, -0.25) is 14.3 Å². The van der Waals surface area contributed by atoms with E-state index in [-0.39, 0.29) is 23.7 Å². The monoisotopic (exact) mass is 291 g/mol. The Morgan fingerprint density at radius 3 is 2.62 bits per heavy atom. The zero-order chi connectivity index (χ0) is 15.1. The van der Waals surface area contributed by atoms with Gasteiger partial charge in [0.1, 0.15) is 0 Å². The van der Waals surface area contributed by atoms with Crippen LogP contribution in [0.1, 0.15) is 25.0 Å². The minimum atomic E-state index is -0.811. The lowest BCUT2D eigenvalue weighted by Crippen LogP contribution is -2.42. The molecule has 0 spiro atoms. The second kappa shape index (κ2) is 5.16. The molecule has 6 nitrogen and oxygen atoms in total. The molecule has 1 amide bonds. The van der Waals surface area contributed by atoms with Crippen molar-refractivity contribution in [1.29, 1.82) is 0 Å². The van der Waals surface area contributed by atoms with Crippen molar-refractivity contribution >= 4 is 11.9 Å². The third kappa shape index (κ3) is 2.32. The predicted molar refractivity (Wildman–Crippen MR) is 75.1 cm³/mol. The number of carbonyl (C=O) groups is 2. The first-order chi connectivity index (χ1) is 9.99. The lowest BCUT2D eigenvalue weighted by Gasteiger charge is -2.30. The van der Waals surface area contributed by atoms with E-state index in [2.05, 4.69) is 5.10 Å². The average Bonchev–Trinajstić information content (AvgIpc) is 3.13. The van der Waals surface area contributed by atoms with Crippen molar-refractivity contribution in [1.82, 2.24) is 14.7 Å². The summed E-state index contributed by atoms with van der Waals surface area (Å²) < 4.78 is 1.74. The third-order valence-corrected chi connectivity index (χ3v) is 5.18. The van der Waals surface area contributed by atoms with Crippen molar-refractivity contribution in [2.24, 2.45) is 30.7 Å². The van der Waals surface area contributed by atoms with Gasteiger partial charge in [-0.1, -0.05) is 0 Å². The van der Waals surface area contributed by atoms with Crippen molar-refractivity contribution in [3.63, 3.8) is 0 Å². The lowest BCUT2D eigenvalue weighted by molar-refractivity contribution is -0.152. The SMILES string of the molecule is CN(Cc1ccnn1C)C(=O)C1C2CCC(C2)C1C(=O)O. The van der Waals surface area contributed by atoms with E-state index in [0.717, 1.165) is 25.0 Å². The van der Waals surface area contributed by atoms with E-state index in [0.29, 0.717) is 6.54 Å². The fourth-order valence-electron chi connectivity index (χ4n) is 4.13. The van der Waals surface area contributed by atoms with Crippen LogP contribution in [0.5, 0.6) is 0 Å². The Kier molecular flexibility index (Phi) is 3.47. The van der Waals surface area contributed by atoms with Gasteiger partial charge in [0, 0.05) is 20.3 Å². The van der Waals surface area contributed by atoms with Crippen molar-refractivity contribution in [2.45, 2.75) is 25.8 Å². The molecule has 1 aromatic heterocycles. The van der Waals surface area contributed by atoms with Crippen LogP contribution in [0.3, 0.4) is 0 Å². The summed E-state index contributed by atoms with van der Waals surface area (Å²) in [5, 5.41) is 13.5. The Balaban J connectivity index is 1.75. The summed E-state index contributed by atoms with van der Waals surface area (Å²) in [5.74, 6) is -1.25. The zero-order valence-corrected chi connectivity index (χ0v) is 12.4. The number of hydrogen-bond acceptors (Lipinski definition) is 3. The van der Waals surface area contributed by atoms with Gasteiger partial charge in [0.05, 0.1) is 24.1 Å². The summed E-state index contributed by atoms with van der Waals surface area (Å²) in [7, 11) is 3.59. The van der Waals surface area contributed by atoms with Gasteiger partial charge in [0.15, 0.2) is 0 Å². The Labute approximate surface area is 123 Å². The molecule has 1 N–H and O–H groups in total. The summed E-state index contributed by atoms with van der Waals surface area (Å²) >= 11 is 0. The van der Waals surface area contributed by atoms with E-state index >= 15 is 0 Å².